The van der Waals surface area contributed by atoms with E-state index >= 15 is 0 Å². The first kappa shape index (κ1) is 12.5. The lowest BCUT2D eigenvalue weighted by molar-refractivity contribution is 0.264. The molecule has 0 radical (unpaired) electrons. The van der Waals surface area contributed by atoms with Crippen molar-refractivity contribution in [2.24, 2.45) is 5.92 Å². The predicted octanol–water partition coefficient (Wildman–Crippen LogP) is 1.31. The SMILES string of the molecule is Cc1ccc(S(=O)(=O)OCC2CCNC2)cc1. The van der Waals surface area contributed by atoms with Crippen molar-refractivity contribution in [3.05, 3.63) is 29.8 Å². The lowest BCUT2D eigenvalue weighted by Crippen LogP contribution is -2.17. The van der Waals surface area contributed by atoms with Crippen molar-refractivity contribution in [3.8, 4) is 0 Å². The zero-order valence-electron chi connectivity index (χ0n) is 9.85. The van der Waals surface area contributed by atoms with E-state index < -0.39 is 10.1 Å². The second-order valence-corrected chi connectivity index (χ2v) is 6.03. The summed E-state index contributed by atoms with van der Waals surface area (Å²) >= 11 is 0. The van der Waals surface area contributed by atoms with Crippen LogP contribution in [-0.4, -0.2) is 28.1 Å². The van der Waals surface area contributed by atoms with Crippen LogP contribution in [0.5, 0.6) is 0 Å². The van der Waals surface area contributed by atoms with Crippen molar-refractivity contribution in [2.75, 3.05) is 19.7 Å². The average molecular weight is 255 g/mol. The Morgan fingerprint density at radius 1 is 1.35 bits per heavy atom. The third-order valence-electron chi connectivity index (χ3n) is 2.93. The van der Waals surface area contributed by atoms with E-state index in [0.29, 0.717) is 5.92 Å². The summed E-state index contributed by atoms with van der Waals surface area (Å²) in [5.41, 5.74) is 1.03. The van der Waals surface area contributed by atoms with Crippen LogP contribution in [-0.2, 0) is 14.3 Å². The standard InChI is InChI=1S/C12H17NO3S/c1-10-2-4-12(5-3-10)17(14,15)16-9-11-6-7-13-8-11/h2-5,11,13H,6-9H2,1H3. The number of hydrogen-bond acceptors (Lipinski definition) is 4. The molecule has 17 heavy (non-hydrogen) atoms. The number of aryl methyl sites for hydroxylation is 1. The molecule has 0 aliphatic carbocycles. The van der Waals surface area contributed by atoms with E-state index in [1.807, 2.05) is 6.92 Å². The van der Waals surface area contributed by atoms with Crippen LogP contribution in [0.2, 0.25) is 0 Å². The largest absolute Gasteiger partial charge is 0.316 e. The molecule has 0 aromatic heterocycles. The molecular formula is C12H17NO3S. The lowest BCUT2D eigenvalue weighted by atomic mass is 10.1. The molecule has 0 bridgehead atoms. The van der Waals surface area contributed by atoms with Crippen LogP contribution < -0.4 is 5.32 Å². The van der Waals surface area contributed by atoms with Gasteiger partial charge in [0.1, 0.15) is 0 Å². The van der Waals surface area contributed by atoms with Crippen molar-refractivity contribution in [1.82, 2.24) is 5.32 Å². The first-order valence-corrected chi connectivity index (χ1v) is 7.15. The molecule has 1 atom stereocenters. The highest BCUT2D eigenvalue weighted by Gasteiger charge is 2.20. The molecule has 1 heterocycles. The average Bonchev–Trinajstić information content (AvgIpc) is 2.80. The minimum absolute atomic E-state index is 0.231. The van der Waals surface area contributed by atoms with Gasteiger partial charge in [0, 0.05) is 6.54 Å². The van der Waals surface area contributed by atoms with E-state index in [4.69, 9.17) is 4.18 Å². The minimum atomic E-state index is -3.59. The molecule has 0 spiro atoms. The molecule has 1 N–H and O–H groups in total. The maximum atomic E-state index is 11.9. The van der Waals surface area contributed by atoms with Gasteiger partial charge in [0.2, 0.25) is 0 Å². The van der Waals surface area contributed by atoms with Gasteiger partial charge >= 0.3 is 0 Å². The van der Waals surface area contributed by atoms with Crippen LogP contribution in [0.3, 0.4) is 0 Å². The Labute approximate surface area is 102 Å². The first-order valence-electron chi connectivity index (χ1n) is 5.75. The molecule has 1 fully saturated rings. The topological polar surface area (TPSA) is 55.4 Å². The molecule has 2 rings (SSSR count). The Morgan fingerprint density at radius 2 is 2.06 bits per heavy atom. The fourth-order valence-corrected chi connectivity index (χ4v) is 2.79. The number of hydrogen-bond donors (Lipinski definition) is 1. The summed E-state index contributed by atoms with van der Waals surface area (Å²) in [6.45, 7) is 3.96. The highest BCUT2D eigenvalue weighted by atomic mass is 32.2. The number of rotatable bonds is 4. The minimum Gasteiger partial charge on any atom is -0.316 e. The number of benzene rings is 1. The number of nitrogens with one attached hydrogen (secondary N) is 1. The van der Waals surface area contributed by atoms with Gasteiger partial charge in [-0.15, -0.1) is 0 Å². The van der Waals surface area contributed by atoms with Gasteiger partial charge in [0.25, 0.3) is 10.1 Å². The Hall–Kier alpha value is -0.910. The zero-order valence-corrected chi connectivity index (χ0v) is 10.7. The third kappa shape index (κ3) is 3.28. The second kappa shape index (κ2) is 5.16. The van der Waals surface area contributed by atoms with Crippen molar-refractivity contribution in [3.63, 3.8) is 0 Å². The van der Waals surface area contributed by atoms with Crippen molar-refractivity contribution >= 4 is 10.1 Å². The lowest BCUT2D eigenvalue weighted by Gasteiger charge is -2.09. The molecule has 1 unspecified atom stereocenters. The van der Waals surface area contributed by atoms with Gasteiger partial charge in [-0.3, -0.25) is 4.18 Å². The summed E-state index contributed by atoms with van der Waals surface area (Å²) in [6.07, 6.45) is 0.976. The van der Waals surface area contributed by atoms with Crippen LogP contribution in [0.4, 0.5) is 0 Å². The molecule has 0 amide bonds. The van der Waals surface area contributed by atoms with Gasteiger partial charge < -0.3 is 5.32 Å². The van der Waals surface area contributed by atoms with Gasteiger partial charge in [-0.2, -0.15) is 8.42 Å². The van der Waals surface area contributed by atoms with Crippen LogP contribution in [0, 0.1) is 12.8 Å². The van der Waals surface area contributed by atoms with E-state index in [2.05, 4.69) is 5.32 Å². The predicted molar refractivity (Wildman–Crippen MR) is 65.3 cm³/mol. The van der Waals surface area contributed by atoms with E-state index in [-0.39, 0.29) is 11.5 Å². The summed E-state index contributed by atoms with van der Waals surface area (Å²) in [5, 5.41) is 3.18. The van der Waals surface area contributed by atoms with Crippen molar-refractivity contribution in [1.29, 1.82) is 0 Å². The van der Waals surface area contributed by atoms with Gasteiger partial charge in [0.05, 0.1) is 11.5 Å². The maximum absolute atomic E-state index is 11.9. The Bertz CT molecular complexity index is 461. The molecule has 1 aromatic carbocycles. The Kier molecular flexibility index (Phi) is 3.81. The van der Waals surface area contributed by atoms with Gasteiger partial charge in [-0.1, -0.05) is 17.7 Å². The summed E-state index contributed by atoms with van der Waals surface area (Å²) < 4.78 is 28.8. The normalized spacial score (nSPS) is 20.6. The third-order valence-corrected chi connectivity index (χ3v) is 4.23. The maximum Gasteiger partial charge on any atom is 0.296 e. The molecule has 1 aliphatic heterocycles. The fraction of sp³-hybridized carbons (Fsp3) is 0.500. The van der Waals surface area contributed by atoms with E-state index in [1.165, 1.54) is 0 Å². The van der Waals surface area contributed by atoms with Crippen molar-refractivity contribution in [2.45, 2.75) is 18.2 Å². The summed E-state index contributed by atoms with van der Waals surface area (Å²) in [7, 11) is -3.59. The molecule has 1 saturated heterocycles. The quantitative estimate of drug-likeness (QED) is 0.824. The van der Waals surface area contributed by atoms with Gasteiger partial charge in [-0.25, -0.2) is 0 Å². The monoisotopic (exact) mass is 255 g/mol. The smallest absolute Gasteiger partial charge is 0.296 e. The molecule has 94 valence electrons. The molecule has 0 saturated carbocycles. The molecule has 1 aliphatic rings. The van der Waals surface area contributed by atoms with E-state index in [0.717, 1.165) is 25.1 Å². The first-order chi connectivity index (χ1) is 8.08. The molecule has 5 heteroatoms. The van der Waals surface area contributed by atoms with Crippen LogP contribution >= 0.6 is 0 Å². The Morgan fingerprint density at radius 3 is 2.65 bits per heavy atom. The summed E-state index contributed by atoms with van der Waals surface area (Å²) in [5.74, 6) is 0.301. The Balaban J connectivity index is 2.00. The van der Waals surface area contributed by atoms with E-state index in [9.17, 15) is 8.42 Å². The van der Waals surface area contributed by atoms with Crippen molar-refractivity contribution < 1.29 is 12.6 Å². The fourth-order valence-electron chi connectivity index (χ4n) is 1.82. The van der Waals surface area contributed by atoms with Crippen LogP contribution in [0.25, 0.3) is 0 Å². The van der Waals surface area contributed by atoms with Gasteiger partial charge in [0.15, 0.2) is 0 Å². The zero-order chi connectivity index (χ0) is 12.3. The molecular weight excluding hydrogens is 238 g/mol. The highest BCUT2D eigenvalue weighted by Crippen LogP contribution is 2.16. The van der Waals surface area contributed by atoms with Crippen LogP contribution in [0.15, 0.2) is 29.2 Å². The summed E-state index contributed by atoms with van der Waals surface area (Å²) in [6, 6.07) is 6.70. The van der Waals surface area contributed by atoms with Gasteiger partial charge in [-0.05, 0) is 37.9 Å². The second-order valence-electron chi connectivity index (χ2n) is 4.41. The summed E-state index contributed by atoms with van der Waals surface area (Å²) in [4.78, 5) is 0.231. The highest BCUT2D eigenvalue weighted by molar-refractivity contribution is 7.86. The molecule has 1 aromatic rings. The van der Waals surface area contributed by atoms with Crippen LogP contribution in [0.1, 0.15) is 12.0 Å². The molecule has 4 nitrogen and oxygen atoms in total. The van der Waals surface area contributed by atoms with E-state index in [1.54, 1.807) is 24.3 Å².